The van der Waals surface area contributed by atoms with E-state index in [1.807, 2.05) is 23.1 Å². The largest absolute Gasteiger partial charge is 0.497 e. The smallest absolute Gasteiger partial charge is 0.274 e. The van der Waals surface area contributed by atoms with Crippen LogP contribution in [0.1, 0.15) is 53.0 Å². The molecule has 1 saturated heterocycles. The van der Waals surface area contributed by atoms with Crippen molar-refractivity contribution in [3.05, 3.63) is 46.8 Å². The van der Waals surface area contributed by atoms with Crippen molar-refractivity contribution in [2.24, 2.45) is 11.3 Å². The van der Waals surface area contributed by atoms with Crippen molar-refractivity contribution in [2.45, 2.75) is 44.9 Å². The molecule has 7 heteroatoms. The Morgan fingerprint density at radius 2 is 2.13 bits per heavy atom. The van der Waals surface area contributed by atoms with E-state index in [0.29, 0.717) is 25.3 Å². The predicted molar refractivity (Wildman–Crippen MR) is 116 cm³/mol. The minimum Gasteiger partial charge on any atom is -0.497 e. The van der Waals surface area contributed by atoms with Gasteiger partial charge in [0.05, 0.1) is 7.11 Å². The molecular weight excluding hydrogens is 392 g/mol. The van der Waals surface area contributed by atoms with Crippen LogP contribution in [0.4, 0.5) is 0 Å². The lowest BCUT2D eigenvalue weighted by molar-refractivity contribution is -0.123. The van der Waals surface area contributed by atoms with E-state index < -0.39 is 0 Å². The van der Waals surface area contributed by atoms with Crippen LogP contribution in [0.25, 0.3) is 0 Å². The van der Waals surface area contributed by atoms with Crippen molar-refractivity contribution in [3.8, 4) is 5.75 Å². The highest BCUT2D eigenvalue weighted by Gasteiger charge is 2.58. The van der Waals surface area contributed by atoms with Crippen molar-refractivity contribution < 1.29 is 14.3 Å². The fourth-order valence-electron chi connectivity index (χ4n) is 5.35. The molecule has 1 saturated carbocycles. The minimum absolute atomic E-state index is 0.0502. The average molecular weight is 423 g/mol. The van der Waals surface area contributed by atoms with Crippen LogP contribution in [0.15, 0.2) is 24.3 Å². The SMILES string of the molecule is COc1cccc(CCNC(=O)[C@H]2CC23CCN(C(=O)c2n[nH]c4c2CCC4)CC3)c1. The van der Waals surface area contributed by atoms with Gasteiger partial charge in [-0.1, -0.05) is 12.1 Å². The average Bonchev–Trinajstić information content (AvgIpc) is 3.11. The van der Waals surface area contributed by atoms with Crippen molar-refractivity contribution in [2.75, 3.05) is 26.7 Å². The monoisotopic (exact) mass is 422 g/mol. The van der Waals surface area contributed by atoms with Crippen LogP contribution in [0.3, 0.4) is 0 Å². The fraction of sp³-hybridized carbons (Fsp3) is 0.542. The Labute approximate surface area is 182 Å². The molecule has 2 heterocycles. The van der Waals surface area contributed by atoms with E-state index >= 15 is 0 Å². The topological polar surface area (TPSA) is 87.3 Å². The molecular formula is C24H30N4O3. The van der Waals surface area contributed by atoms with Gasteiger partial charge in [-0.2, -0.15) is 5.10 Å². The summed E-state index contributed by atoms with van der Waals surface area (Å²) in [6.07, 6.45) is 6.58. The van der Waals surface area contributed by atoms with Gasteiger partial charge >= 0.3 is 0 Å². The maximum Gasteiger partial charge on any atom is 0.274 e. The van der Waals surface area contributed by atoms with Gasteiger partial charge in [-0.15, -0.1) is 0 Å². The number of aromatic nitrogens is 2. The van der Waals surface area contributed by atoms with E-state index in [0.717, 1.165) is 67.5 Å². The molecule has 1 spiro atoms. The molecule has 1 atom stereocenters. The molecule has 2 amide bonds. The van der Waals surface area contributed by atoms with Gasteiger partial charge in [-0.3, -0.25) is 14.7 Å². The summed E-state index contributed by atoms with van der Waals surface area (Å²) in [5.74, 6) is 1.14. The summed E-state index contributed by atoms with van der Waals surface area (Å²) in [6.45, 7) is 2.07. The summed E-state index contributed by atoms with van der Waals surface area (Å²) < 4.78 is 5.26. The standard InChI is InChI=1S/C24H30N4O3/c1-31-17-5-2-4-16(14-17)8-11-25-22(29)19-15-24(19)9-12-28(13-10-24)23(30)21-18-6-3-7-20(18)26-27-21/h2,4-5,14,19H,3,6-13,15H2,1H3,(H,25,29)(H,26,27)/t19-/m1/s1. The molecule has 1 aliphatic heterocycles. The van der Waals surface area contributed by atoms with E-state index in [1.165, 1.54) is 0 Å². The van der Waals surface area contributed by atoms with Crippen molar-refractivity contribution in [3.63, 3.8) is 0 Å². The molecule has 1 aromatic carbocycles. The van der Waals surface area contributed by atoms with Crippen LogP contribution >= 0.6 is 0 Å². The van der Waals surface area contributed by atoms with E-state index in [-0.39, 0.29) is 23.1 Å². The van der Waals surface area contributed by atoms with Crippen LogP contribution < -0.4 is 10.1 Å². The zero-order valence-electron chi connectivity index (χ0n) is 18.1. The highest BCUT2D eigenvalue weighted by atomic mass is 16.5. The van der Waals surface area contributed by atoms with Gasteiger partial charge in [-0.25, -0.2) is 0 Å². The number of benzene rings is 1. The van der Waals surface area contributed by atoms with Gasteiger partial charge in [0, 0.05) is 36.8 Å². The number of H-pyrrole nitrogens is 1. The van der Waals surface area contributed by atoms with Gasteiger partial charge in [0.15, 0.2) is 5.69 Å². The van der Waals surface area contributed by atoms with Crippen LogP contribution in [0.5, 0.6) is 5.75 Å². The first-order valence-corrected chi connectivity index (χ1v) is 11.4. The number of ether oxygens (including phenoxy) is 1. The molecule has 31 heavy (non-hydrogen) atoms. The number of hydrogen-bond acceptors (Lipinski definition) is 4. The van der Waals surface area contributed by atoms with Crippen molar-refractivity contribution in [1.29, 1.82) is 0 Å². The molecule has 1 aromatic heterocycles. The van der Waals surface area contributed by atoms with Crippen LogP contribution in [0, 0.1) is 11.3 Å². The number of amides is 2. The van der Waals surface area contributed by atoms with Gasteiger partial charge in [0.25, 0.3) is 5.91 Å². The Balaban J connectivity index is 1.10. The Morgan fingerprint density at radius 1 is 1.29 bits per heavy atom. The number of carbonyl (C=O) groups excluding carboxylic acids is 2. The Bertz CT molecular complexity index is 990. The van der Waals surface area contributed by atoms with E-state index in [9.17, 15) is 9.59 Å². The van der Waals surface area contributed by atoms with E-state index in [4.69, 9.17) is 4.74 Å². The van der Waals surface area contributed by atoms with Gasteiger partial charge in [-0.05, 0) is 68.1 Å². The molecule has 164 valence electrons. The first kappa shape index (κ1) is 20.1. The number of fused-ring (bicyclic) bond motifs is 1. The number of nitrogens with zero attached hydrogens (tertiary/aromatic N) is 2. The maximum atomic E-state index is 12.9. The lowest BCUT2D eigenvalue weighted by Gasteiger charge is -2.32. The second-order valence-corrected chi connectivity index (χ2v) is 9.19. The lowest BCUT2D eigenvalue weighted by Crippen LogP contribution is -2.41. The van der Waals surface area contributed by atoms with E-state index in [1.54, 1.807) is 7.11 Å². The number of methoxy groups -OCH3 is 1. The molecule has 2 aromatic rings. The molecule has 2 fully saturated rings. The Hall–Kier alpha value is -2.83. The summed E-state index contributed by atoms with van der Waals surface area (Å²) in [4.78, 5) is 27.6. The number of nitrogens with one attached hydrogen (secondary N) is 2. The molecule has 7 nitrogen and oxygen atoms in total. The molecule has 0 unspecified atom stereocenters. The quantitative estimate of drug-likeness (QED) is 0.749. The molecule has 2 aliphatic carbocycles. The molecule has 3 aliphatic rings. The van der Waals surface area contributed by atoms with Gasteiger partial charge < -0.3 is 15.0 Å². The maximum absolute atomic E-state index is 12.9. The number of rotatable bonds is 6. The minimum atomic E-state index is 0.0502. The number of carbonyl (C=O) groups is 2. The molecule has 5 rings (SSSR count). The number of hydrogen-bond donors (Lipinski definition) is 2. The zero-order chi connectivity index (χ0) is 21.4. The Kier molecular flexibility index (Phi) is 5.20. The first-order valence-electron chi connectivity index (χ1n) is 11.4. The zero-order valence-corrected chi connectivity index (χ0v) is 18.1. The molecule has 0 radical (unpaired) electrons. The summed E-state index contributed by atoms with van der Waals surface area (Å²) >= 11 is 0. The second-order valence-electron chi connectivity index (χ2n) is 9.19. The number of likely N-dealkylation sites (tertiary alicyclic amines) is 1. The summed E-state index contributed by atoms with van der Waals surface area (Å²) in [7, 11) is 1.66. The fourth-order valence-corrected chi connectivity index (χ4v) is 5.35. The summed E-state index contributed by atoms with van der Waals surface area (Å²) in [5.41, 5.74) is 4.10. The first-order chi connectivity index (χ1) is 15.1. The normalized spacial score (nSPS) is 21.1. The van der Waals surface area contributed by atoms with Crippen molar-refractivity contribution >= 4 is 11.8 Å². The van der Waals surface area contributed by atoms with Gasteiger partial charge in [0.1, 0.15) is 5.75 Å². The van der Waals surface area contributed by atoms with E-state index in [2.05, 4.69) is 21.6 Å². The second kappa shape index (κ2) is 8.02. The van der Waals surface area contributed by atoms with Crippen LogP contribution in [-0.2, 0) is 24.1 Å². The van der Waals surface area contributed by atoms with Gasteiger partial charge in [0.2, 0.25) is 5.91 Å². The Morgan fingerprint density at radius 3 is 2.94 bits per heavy atom. The number of aryl methyl sites for hydroxylation is 1. The molecule has 2 N–H and O–H groups in total. The number of aromatic amines is 1. The van der Waals surface area contributed by atoms with Crippen LogP contribution in [0.2, 0.25) is 0 Å². The van der Waals surface area contributed by atoms with Crippen molar-refractivity contribution in [1.82, 2.24) is 20.4 Å². The van der Waals surface area contributed by atoms with Crippen LogP contribution in [-0.4, -0.2) is 53.7 Å². The molecule has 0 bridgehead atoms. The third kappa shape index (κ3) is 3.82. The lowest BCUT2D eigenvalue weighted by atomic mass is 9.90. The highest BCUT2D eigenvalue weighted by molar-refractivity contribution is 5.94. The highest BCUT2D eigenvalue weighted by Crippen LogP contribution is 2.59. The third-order valence-electron chi connectivity index (χ3n) is 7.41. The number of piperidine rings is 1. The predicted octanol–water partition coefficient (Wildman–Crippen LogP) is 2.51. The summed E-state index contributed by atoms with van der Waals surface area (Å²) in [6, 6.07) is 7.95. The summed E-state index contributed by atoms with van der Waals surface area (Å²) in [5, 5.41) is 10.4. The third-order valence-corrected chi connectivity index (χ3v) is 7.41.